The van der Waals surface area contributed by atoms with Crippen LogP contribution >= 0.6 is 0 Å². The molecule has 0 spiro atoms. The third-order valence-electron chi connectivity index (χ3n) is 6.63. The highest BCUT2D eigenvalue weighted by Crippen LogP contribution is 2.46. The van der Waals surface area contributed by atoms with Crippen LogP contribution in [-0.4, -0.2) is 24.9 Å². The van der Waals surface area contributed by atoms with Crippen molar-refractivity contribution in [2.24, 2.45) is 0 Å². The number of ether oxygens (including phenoxy) is 2. The summed E-state index contributed by atoms with van der Waals surface area (Å²) in [7, 11) is 3.17. The van der Waals surface area contributed by atoms with Gasteiger partial charge >= 0.3 is 0 Å². The molecule has 0 bridgehead atoms. The van der Waals surface area contributed by atoms with Crippen molar-refractivity contribution >= 4 is 22.8 Å². The van der Waals surface area contributed by atoms with Gasteiger partial charge in [-0.3, -0.25) is 14.9 Å². The molecule has 1 heterocycles. The molecular formula is C27H25N3O5. The number of allylic oxidation sites excluding steroid dienone is 1. The van der Waals surface area contributed by atoms with Crippen molar-refractivity contribution in [2.45, 2.75) is 24.8 Å². The van der Waals surface area contributed by atoms with Crippen LogP contribution < -0.4 is 20.1 Å². The number of nitro groups is 1. The van der Waals surface area contributed by atoms with Crippen LogP contribution in [0.15, 0.2) is 78.0 Å². The van der Waals surface area contributed by atoms with E-state index in [1.54, 1.807) is 32.4 Å². The molecule has 178 valence electrons. The van der Waals surface area contributed by atoms with Crippen molar-refractivity contribution in [3.63, 3.8) is 0 Å². The number of Topliss-reactive ketones (excluding diaryl/α,β-unsaturated/α-hetero) is 1. The maximum Gasteiger partial charge on any atom is 0.275 e. The summed E-state index contributed by atoms with van der Waals surface area (Å²) in [6.45, 7) is 0. The number of hydrogen-bond donors (Lipinski definition) is 2. The van der Waals surface area contributed by atoms with E-state index in [1.807, 2.05) is 42.5 Å². The topological polar surface area (TPSA) is 103 Å². The minimum atomic E-state index is -0.651. The van der Waals surface area contributed by atoms with Gasteiger partial charge in [-0.25, -0.2) is 0 Å². The zero-order chi connectivity index (χ0) is 24.5. The summed E-state index contributed by atoms with van der Waals surface area (Å²) in [4.78, 5) is 25.1. The lowest BCUT2D eigenvalue weighted by molar-refractivity contribution is -0.385. The normalized spacial score (nSPS) is 19.0. The fraction of sp³-hybridized carbons (Fsp3) is 0.222. The van der Waals surface area contributed by atoms with Crippen molar-refractivity contribution < 1.29 is 19.2 Å². The van der Waals surface area contributed by atoms with E-state index < -0.39 is 11.0 Å². The summed E-state index contributed by atoms with van der Waals surface area (Å²) in [5.41, 5.74) is 4.31. The maximum absolute atomic E-state index is 13.7. The van der Waals surface area contributed by atoms with E-state index in [0.29, 0.717) is 29.1 Å². The molecule has 1 aliphatic heterocycles. The highest BCUT2D eigenvalue weighted by molar-refractivity contribution is 6.01. The zero-order valence-corrected chi connectivity index (χ0v) is 19.4. The van der Waals surface area contributed by atoms with Gasteiger partial charge in [-0.05, 0) is 48.2 Å². The minimum absolute atomic E-state index is 0.0222. The molecule has 1 aliphatic carbocycles. The molecule has 3 aromatic rings. The third kappa shape index (κ3) is 4.07. The van der Waals surface area contributed by atoms with Gasteiger partial charge in [0.25, 0.3) is 5.69 Å². The van der Waals surface area contributed by atoms with Gasteiger partial charge in [-0.1, -0.05) is 30.3 Å². The number of methoxy groups -OCH3 is 2. The molecule has 2 N–H and O–H groups in total. The summed E-state index contributed by atoms with van der Waals surface area (Å²) in [6.07, 6.45) is 0.856. The number of ketones is 1. The highest BCUT2D eigenvalue weighted by Gasteiger charge is 2.38. The Morgan fingerprint density at radius 2 is 1.63 bits per heavy atom. The molecule has 2 aliphatic rings. The smallest absolute Gasteiger partial charge is 0.275 e. The number of carbonyl (C=O) groups excluding carboxylic acids is 1. The Balaban J connectivity index is 1.62. The monoisotopic (exact) mass is 471 g/mol. The van der Waals surface area contributed by atoms with Crippen molar-refractivity contribution in [2.75, 3.05) is 24.9 Å². The average molecular weight is 472 g/mol. The first kappa shape index (κ1) is 22.5. The predicted octanol–water partition coefficient (Wildman–Crippen LogP) is 5.59. The Hall–Kier alpha value is -4.33. The van der Waals surface area contributed by atoms with Crippen LogP contribution in [0.25, 0.3) is 0 Å². The van der Waals surface area contributed by atoms with Crippen LogP contribution in [0.1, 0.15) is 35.9 Å². The highest BCUT2D eigenvalue weighted by atomic mass is 16.6. The number of nitro benzene ring substituents is 1. The number of benzene rings is 3. The maximum atomic E-state index is 13.7. The van der Waals surface area contributed by atoms with Gasteiger partial charge in [-0.15, -0.1) is 0 Å². The molecule has 8 heteroatoms. The quantitative estimate of drug-likeness (QED) is 0.369. The Kier molecular flexibility index (Phi) is 5.86. The van der Waals surface area contributed by atoms with Crippen molar-refractivity contribution in [3.05, 3.63) is 99.2 Å². The number of para-hydroxylation sites is 3. The van der Waals surface area contributed by atoms with Gasteiger partial charge in [0, 0.05) is 23.8 Å². The van der Waals surface area contributed by atoms with Crippen LogP contribution in [0.5, 0.6) is 11.5 Å². The summed E-state index contributed by atoms with van der Waals surface area (Å²) in [5, 5.41) is 18.7. The lowest BCUT2D eigenvalue weighted by Gasteiger charge is -2.30. The Morgan fingerprint density at radius 3 is 2.37 bits per heavy atom. The van der Waals surface area contributed by atoms with Gasteiger partial charge in [-0.2, -0.15) is 0 Å². The first-order chi connectivity index (χ1) is 17.0. The number of nitrogens with one attached hydrogen (secondary N) is 2. The van der Waals surface area contributed by atoms with Gasteiger partial charge < -0.3 is 20.1 Å². The van der Waals surface area contributed by atoms with E-state index in [9.17, 15) is 14.9 Å². The Morgan fingerprint density at radius 1 is 0.914 bits per heavy atom. The molecule has 0 unspecified atom stereocenters. The van der Waals surface area contributed by atoms with Gasteiger partial charge in [0.05, 0.1) is 42.1 Å². The molecule has 0 saturated heterocycles. The lowest BCUT2D eigenvalue weighted by atomic mass is 9.78. The molecule has 3 aromatic carbocycles. The average Bonchev–Trinajstić information content (AvgIpc) is 3.05. The number of nitrogens with zero attached hydrogens (tertiary/aromatic N) is 1. The first-order valence-electron chi connectivity index (χ1n) is 11.3. The van der Waals surface area contributed by atoms with Gasteiger partial charge in [0.2, 0.25) is 0 Å². The van der Waals surface area contributed by atoms with Crippen LogP contribution in [0, 0.1) is 10.1 Å². The fourth-order valence-electron chi connectivity index (χ4n) is 4.97. The van der Waals surface area contributed by atoms with Crippen LogP contribution in [0.4, 0.5) is 17.1 Å². The second kappa shape index (κ2) is 9.13. The third-order valence-corrected chi connectivity index (χ3v) is 6.63. The number of fused-ring (bicyclic) bond motifs is 1. The molecule has 0 amide bonds. The van der Waals surface area contributed by atoms with Crippen LogP contribution in [0.3, 0.4) is 0 Å². The lowest BCUT2D eigenvalue weighted by Crippen LogP contribution is -2.27. The fourth-order valence-corrected chi connectivity index (χ4v) is 4.97. The Labute approximate surface area is 202 Å². The van der Waals surface area contributed by atoms with E-state index in [1.165, 1.54) is 6.07 Å². The molecule has 5 rings (SSSR count). The van der Waals surface area contributed by atoms with Gasteiger partial charge in [0.15, 0.2) is 17.3 Å². The van der Waals surface area contributed by atoms with Crippen molar-refractivity contribution in [1.82, 2.24) is 0 Å². The van der Waals surface area contributed by atoms with E-state index in [0.717, 1.165) is 22.6 Å². The summed E-state index contributed by atoms with van der Waals surface area (Å²) in [5.74, 6) is 1.10. The van der Waals surface area contributed by atoms with E-state index in [4.69, 9.17) is 9.47 Å². The van der Waals surface area contributed by atoms with Crippen molar-refractivity contribution in [1.29, 1.82) is 0 Å². The van der Waals surface area contributed by atoms with Crippen LogP contribution in [0.2, 0.25) is 0 Å². The molecule has 35 heavy (non-hydrogen) atoms. The SMILES string of the molecule is COc1ccc([C@H]2CC(=O)C3=C(C2)Nc2ccccc2N[C@@H]3c2ccccc2[N+](=O)[O-])cc1OC. The zero-order valence-electron chi connectivity index (χ0n) is 19.4. The number of rotatable bonds is 5. The predicted molar refractivity (Wildman–Crippen MR) is 133 cm³/mol. The number of carbonyl (C=O) groups is 1. The minimum Gasteiger partial charge on any atom is -0.493 e. The molecule has 2 atom stereocenters. The Bertz CT molecular complexity index is 1350. The van der Waals surface area contributed by atoms with Crippen molar-refractivity contribution in [3.8, 4) is 11.5 Å². The largest absolute Gasteiger partial charge is 0.493 e. The molecule has 8 nitrogen and oxygen atoms in total. The molecule has 0 fully saturated rings. The second-order valence-electron chi connectivity index (χ2n) is 8.60. The summed E-state index contributed by atoms with van der Waals surface area (Å²) >= 11 is 0. The summed E-state index contributed by atoms with van der Waals surface area (Å²) in [6, 6.07) is 19.3. The molecule has 0 aromatic heterocycles. The molecular weight excluding hydrogens is 446 g/mol. The molecule has 0 radical (unpaired) electrons. The second-order valence-corrected chi connectivity index (χ2v) is 8.60. The number of hydrogen-bond acceptors (Lipinski definition) is 7. The standard InChI is InChI=1S/C27H25N3O5/c1-34-24-12-11-16(15-25(24)35-2)17-13-21-26(23(31)14-17)27(18-7-3-6-10-22(18)30(32)33)29-20-9-5-4-8-19(20)28-21/h3-12,15,17,27-29H,13-14H2,1-2H3/t17-,27-/m1/s1. The number of anilines is 2. The van der Waals surface area contributed by atoms with E-state index in [-0.39, 0.29) is 23.8 Å². The molecule has 0 saturated carbocycles. The first-order valence-corrected chi connectivity index (χ1v) is 11.3. The van der Waals surface area contributed by atoms with Gasteiger partial charge in [0.1, 0.15) is 0 Å². The van der Waals surface area contributed by atoms with Crippen LogP contribution in [-0.2, 0) is 4.79 Å². The van der Waals surface area contributed by atoms with E-state index in [2.05, 4.69) is 10.6 Å². The van der Waals surface area contributed by atoms with E-state index >= 15 is 0 Å². The summed E-state index contributed by atoms with van der Waals surface area (Å²) < 4.78 is 10.8.